The van der Waals surface area contributed by atoms with Gasteiger partial charge in [-0.15, -0.1) is 0 Å². The monoisotopic (exact) mass is 229 g/mol. The maximum absolute atomic E-state index is 11.9. The number of amides is 1. The number of aromatic nitrogens is 1. The van der Waals surface area contributed by atoms with E-state index < -0.39 is 12.1 Å². The van der Waals surface area contributed by atoms with Gasteiger partial charge in [0, 0.05) is 6.20 Å². The van der Waals surface area contributed by atoms with Crippen LogP contribution in [0.5, 0.6) is 0 Å². The van der Waals surface area contributed by atoms with E-state index in [0.717, 1.165) is 6.20 Å². The molecule has 0 aliphatic heterocycles. The largest absolute Gasteiger partial charge is 0.471 e. The third-order valence-corrected chi connectivity index (χ3v) is 1.70. The molecule has 0 bridgehead atoms. The van der Waals surface area contributed by atoms with Crippen molar-refractivity contribution in [3.05, 3.63) is 29.2 Å². The average molecular weight is 229 g/mol. The van der Waals surface area contributed by atoms with Crippen LogP contribution >= 0.6 is 0 Å². The highest BCUT2D eigenvalue weighted by atomic mass is 19.4. The zero-order valence-electron chi connectivity index (χ0n) is 8.09. The molecule has 16 heavy (non-hydrogen) atoms. The number of anilines is 1. The van der Waals surface area contributed by atoms with Crippen LogP contribution in [-0.2, 0) is 4.79 Å². The van der Waals surface area contributed by atoms with E-state index in [1.807, 2.05) is 0 Å². The van der Waals surface area contributed by atoms with E-state index in [0.29, 0.717) is 5.56 Å². The summed E-state index contributed by atoms with van der Waals surface area (Å²) >= 11 is 0. The molecular formula is C9H6F3N3O. The van der Waals surface area contributed by atoms with Gasteiger partial charge in [-0.25, -0.2) is 4.85 Å². The van der Waals surface area contributed by atoms with Crippen molar-refractivity contribution >= 4 is 17.4 Å². The number of pyridine rings is 1. The standard InChI is InChI=1S/C9H6F3N3O/c1-5-3-7(14-4-6(5)13-2)15-8(16)9(10,11)12/h3-4H,1H3,(H,14,15,16). The molecule has 1 aromatic heterocycles. The summed E-state index contributed by atoms with van der Waals surface area (Å²) in [4.78, 5) is 17.2. The molecule has 1 aromatic rings. The Morgan fingerprint density at radius 1 is 1.56 bits per heavy atom. The van der Waals surface area contributed by atoms with Gasteiger partial charge in [0.2, 0.25) is 5.69 Å². The molecule has 0 aliphatic carbocycles. The zero-order chi connectivity index (χ0) is 12.3. The van der Waals surface area contributed by atoms with Crippen molar-refractivity contribution in [2.24, 2.45) is 0 Å². The van der Waals surface area contributed by atoms with Gasteiger partial charge < -0.3 is 5.32 Å². The summed E-state index contributed by atoms with van der Waals surface area (Å²) in [5.41, 5.74) is 0.674. The number of halogens is 3. The molecule has 1 rings (SSSR count). The topological polar surface area (TPSA) is 46.4 Å². The van der Waals surface area contributed by atoms with Crippen molar-refractivity contribution in [2.75, 3.05) is 5.32 Å². The van der Waals surface area contributed by atoms with Crippen LogP contribution in [0.2, 0.25) is 0 Å². The second-order valence-electron chi connectivity index (χ2n) is 2.92. The molecule has 0 unspecified atom stereocenters. The fourth-order valence-electron chi connectivity index (χ4n) is 0.921. The van der Waals surface area contributed by atoms with E-state index >= 15 is 0 Å². The molecule has 84 valence electrons. The van der Waals surface area contributed by atoms with Gasteiger partial charge in [0.25, 0.3) is 0 Å². The first kappa shape index (κ1) is 12.0. The number of carbonyl (C=O) groups excluding carboxylic acids is 1. The van der Waals surface area contributed by atoms with Crippen LogP contribution in [0, 0.1) is 13.5 Å². The van der Waals surface area contributed by atoms with Crippen molar-refractivity contribution in [1.29, 1.82) is 0 Å². The van der Waals surface area contributed by atoms with Crippen LogP contribution in [0.25, 0.3) is 4.85 Å². The Kier molecular flexibility index (Phi) is 3.13. The molecule has 1 N–H and O–H groups in total. The third kappa shape index (κ3) is 2.70. The molecule has 0 saturated heterocycles. The highest BCUT2D eigenvalue weighted by Crippen LogP contribution is 2.21. The van der Waals surface area contributed by atoms with E-state index in [-0.39, 0.29) is 11.5 Å². The molecule has 0 aliphatic rings. The normalized spacial score (nSPS) is 10.7. The second-order valence-corrected chi connectivity index (χ2v) is 2.92. The molecule has 0 saturated carbocycles. The average Bonchev–Trinajstić information content (AvgIpc) is 2.16. The molecule has 0 fully saturated rings. The fourth-order valence-corrected chi connectivity index (χ4v) is 0.921. The lowest BCUT2D eigenvalue weighted by Crippen LogP contribution is -2.30. The highest BCUT2D eigenvalue weighted by molar-refractivity contribution is 5.94. The van der Waals surface area contributed by atoms with Crippen LogP contribution in [0.4, 0.5) is 24.7 Å². The van der Waals surface area contributed by atoms with Gasteiger partial charge >= 0.3 is 12.1 Å². The molecule has 0 aromatic carbocycles. The summed E-state index contributed by atoms with van der Waals surface area (Å²) in [5, 5.41) is 1.60. The Hall–Kier alpha value is -2.10. The van der Waals surface area contributed by atoms with Gasteiger partial charge in [0.15, 0.2) is 0 Å². The number of nitrogens with zero attached hydrogens (tertiary/aromatic N) is 2. The summed E-state index contributed by atoms with van der Waals surface area (Å²) in [6.45, 7) is 8.25. The maximum Gasteiger partial charge on any atom is 0.471 e. The number of rotatable bonds is 1. The minimum absolute atomic E-state index is 0.227. The van der Waals surface area contributed by atoms with E-state index in [1.165, 1.54) is 13.0 Å². The summed E-state index contributed by atoms with van der Waals surface area (Å²) in [5.74, 6) is -2.32. The van der Waals surface area contributed by atoms with Crippen molar-refractivity contribution in [2.45, 2.75) is 13.1 Å². The quantitative estimate of drug-likeness (QED) is 0.752. The number of nitrogens with one attached hydrogen (secondary N) is 1. The molecule has 1 amide bonds. The Morgan fingerprint density at radius 3 is 2.62 bits per heavy atom. The Balaban J connectivity index is 2.89. The number of carbonyl (C=O) groups is 1. The SMILES string of the molecule is [C-]#[N+]c1cnc(NC(=O)C(F)(F)F)cc1C. The lowest BCUT2D eigenvalue weighted by atomic mass is 10.2. The van der Waals surface area contributed by atoms with Crippen molar-refractivity contribution in [3.8, 4) is 0 Å². The fraction of sp³-hybridized carbons (Fsp3) is 0.222. The number of hydrogen-bond acceptors (Lipinski definition) is 2. The van der Waals surface area contributed by atoms with E-state index in [1.54, 1.807) is 5.32 Å². The molecule has 4 nitrogen and oxygen atoms in total. The minimum atomic E-state index is -4.95. The zero-order valence-corrected chi connectivity index (χ0v) is 8.09. The Labute approximate surface area is 88.9 Å². The second kappa shape index (κ2) is 4.18. The number of aryl methyl sites for hydroxylation is 1. The van der Waals surface area contributed by atoms with Gasteiger partial charge in [-0.1, -0.05) is 0 Å². The van der Waals surface area contributed by atoms with Crippen LogP contribution in [0.3, 0.4) is 0 Å². The van der Waals surface area contributed by atoms with Crippen LogP contribution in [0.15, 0.2) is 12.3 Å². The summed E-state index contributed by atoms with van der Waals surface area (Å²) in [7, 11) is 0. The number of alkyl halides is 3. The summed E-state index contributed by atoms with van der Waals surface area (Å²) < 4.78 is 35.7. The predicted molar refractivity (Wildman–Crippen MR) is 49.9 cm³/mol. The van der Waals surface area contributed by atoms with Crippen molar-refractivity contribution in [1.82, 2.24) is 4.98 Å². The van der Waals surface area contributed by atoms with Gasteiger partial charge in [-0.05, 0) is 18.6 Å². The first-order valence-corrected chi connectivity index (χ1v) is 4.07. The Bertz CT molecular complexity index is 462. The lowest BCUT2D eigenvalue weighted by Gasteiger charge is -2.07. The van der Waals surface area contributed by atoms with Gasteiger partial charge in [-0.2, -0.15) is 13.2 Å². The first-order valence-electron chi connectivity index (χ1n) is 4.07. The van der Waals surface area contributed by atoms with Crippen LogP contribution in [-0.4, -0.2) is 17.1 Å². The number of hydrogen-bond donors (Lipinski definition) is 1. The smallest absolute Gasteiger partial charge is 0.303 e. The Morgan fingerprint density at radius 2 is 2.19 bits per heavy atom. The third-order valence-electron chi connectivity index (χ3n) is 1.70. The van der Waals surface area contributed by atoms with Crippen LogP contribution < -0.4 is 5.32 Å². The first-order chi connectivity index (χ1) is 7.34. The van der Waals surface area contributed by atoms with E-state index in [9.17, 15) is 18.0 Å². The predicted octanol–water partition coefficient (Wildman–Crippen LogP) is 2.44. The molecule has 7 heteroatoms. The van der Waals surface area contributed by atoms with Gasteiger partial charge in [-0.3, -0.25) is 9.78 Å². The minimum Gasteiger partial charge on any atom is -0.303 e. The van der Waals surface area contributed by atoms with Crippen molar-refractivity contribution in [3.63, 3.8) is 0 Å². The maximum atomic E-state index is 11.9. The highest BCUT2D eigenvalue weighted by Gasteiger charge is 2.38. The van der Waals surface area contributed by atoms with Crippen LogP contribution in [0.1, 0.15) is 5.56 Å². The molecule has 0 atom stereocenters. The van der Waals surface area contributed by atoms with E-state index in [2.05, 4.69) is 9.83 Å². The summed E-state index contributed by atoms with van der Waals surface area (Å²) in [6, 6.07) is 1.21. The lowest BCUT2D eigenvalue weighted by molar-refractivity contribution is -0.167. The summed E-state index contributed by atoms with van der Waals surface area (Å²) in [6.07, 6.45) is -3.84. The molecular weight excluding hydrogens is 223 g/mol. The molecule has 1 heterocycles. The van der Waals surface area contributed by atoms with Gasteiger partial charge in [0.1, 0.15) is 5.82 Å². The molecule has 0 radical (unpaired) electrons. The van der Waals surface area contributed by atoms with E-state index in [4.69, 9.17) is 6.57 Å². The molecule has 0 spiro atoms. The van der Waals surface area contributed by atoms with Crippen molar-refractivity contribution < 1.29 is 18.0 Å². The van der Waals surface area contributed by atoms with Gasteiger partial charge in [0.05, 0.1) is 6.57 Å².